The molecule has 0 saturated carbocycles. The van der Waals surface area contributed by atoms with Crippen molar-refractivity contribution in [2.45, 2.75) is 19.4 Å². The monoisotopic (exact) mass is 266 g/mol. The van der Waals surface area contributed by atoms with Gasteiger partial charge in [-0.05, 0) is 18.6 Å². The molecule has 96 valence electrons. The number of nitrogens with zero attached hydrogens (tertiary/aromatic N) is 1. The number of furan rings is 1. The number of hydrogen-bond donors (Lipinski definition) is 2. The van der Waals surface area contributed by atoms with Gasteiger partial charge in [0.05, 0.1) is 18.9 Å². The molecule has 5 nitrogen and oxygen atoms in total. The molecule has 0 aromatic carbocycles. The zero-order chi connectivity index (χ0) is 13.0. The molecule has 0 aliphatic carbocycles. The van der Waals surface area contributed by atoms with Crippen molar-refractivity contribution in [3.63, 3.8) is 0 Å². The fourth-order valence-corrected chi connectivity index (χ4v) is 2.19. The molecule has 2 aromatic heterocycles. The Bertz CT molecular complexity index is 503. The Balaban J connectivity index is 2.08. The highest BCUT2D eigenvalue weighted by molar-refractivity contribution is 7.13. The molecule has 0 saturated heterocycles. The molecular formula is C12H14N2O3S. The predicted octanol–water partition coefficient (Wildman–Crippen LogP) is 1.90. The van der Waals surface area contributed by atoms with Crippen LogP contribution in [-0.4, -0.2) is 28.6 Å². The van der Waals surface area contributed by atoms with Gasteiger partial charge < -0.3 is 14.8 Å². The molecule has 2 rings (SSSR count). The Kier molecular flexibility index (Phi) is 4.11. The van der Waals surface area contributed by atoms with Crippen LogP contribution in [0.3, 0.4) is 0 Å². The number of carbonyl (C=O) groups is 1. The molecule has 2 aromatic rings. The molecule has 18 heavy (non-hydrogen) atoms. The largest absolute Gasteiger partial charge is 0.462 e. The minimum absolute atomic E-state index is 0.0720. The minimum Gasteiger partial charge on any atom is -0.462 e. The molecule has 0 radical (unpaired) electrons. The summed E-state index contributed by atoms with van der Waals surface area (Å²) in [6.07, 6.45) is 2.24. The van der Waals surface area contributed by atoms with Crippen molar-refractivity contribution >= 4 is 17.2 Å². The van der Waals surface area contributed by atoms with E-state index in [4.69, 9.17) is 9.52 Å². The summed E-state index contributed by atoms with van der Waals surface area (Å²) in [4.78, 5) is 16.1. The van der Waals surface area contributed by atoms with Gasteiger partial charge in [-0.2, -0.15) is 0 Å². The first-order chi connectivity index (χ1) is 8.74. The predicted molar refractivity (Wildman–Crippen MR) is 68.4 cm³/mol. The number of thiazole rings is 1. The Labute approximate surface area is 108 Å². The fourth-order valence-electron chi connectivity index (χ4n) is 1.43. The highest BCUT2D eigenvalue weighted by atomic mass is 32.1. The lowest BCUT2D eigenvalue weighted by Crippen LogP contribution is -2.37. The average Bonchev–Trinajstić information content (AvgIpc) is 3.04. The Morgan fingerprint density at radius 2 is 2.50 bits per heavy atom. The number of nitrogens with one attached hydrogen (secondary N) is 1. The minimum atomic E-state index is -0.273. The smallest absolute Gasteiger partial charge is 0.271 e. The van der Waals surface area contributed by atoms with E-state index in [0.29, 0.717) is 22.9 Å². The number of aromatic nitrogens is 1. The number of carbonyl (C=O) groups excluding carboxylic acids is 1. The molecule has 0 unspecified atom stereocenters. The van der Waals surface area contributed by atoms with Crippen LogP contribution in [0.4, 0.5) is 0 Å². The van der Waals surface area contributed by atoms with E-state index in [0.717, 1.165) is 0 Å². The number of aliphatic hydroxyl groups is 1. The van der Waals surface area contributed by atoms with Crippen LogP contribution in [-0.2, 0) is 0 Å². The quantitative estimate of drug-likeness (QED) is 0.866. The Morgan fingerprint density at radius 3 is 3.11 bits per heavy atom. The number of hydrogen-bond acceptors (Lipinski definition) is 5. The lowest BCUT2D eigenvalue weighted by Gasteiger charge is -2.12. The molecule has 6 heteroatoms. The van der Waals surface area contributed by atoms with Crippen molar-refractivity contribution < 1.29 is 14.3 Å². The van der Waals surface area contributed by atoms with E-state index in [-0.39, 0.29) is 18.6 Å². The fraction of sp³-hybridized carbons (Fsp3) is 0.333. The normalized spacial score (nSPS) is 12.3. The summed E-state index contributed by atoms with van der Waals surface area (Å²) in [5.74, 6) is 0.373. The van der Waals surface area contributed by atoms with Crippen LogP contribution >= 0.6 is 11.3 Å². The van der Waals surface area contributed by atoms with Gasteiger partial charge in [-0.1, -0.05) is 6.92 Å². The summed E-state index contributed by atoms with van der Waals surface area (Å²) in [7, 11) is 0. The lowest BCUT2D eigenvalue weighted by molar-refractivity contribution is 0.0910. The molecule has 0 aliphatic rings. The topological polar surface area (TPSA) is 75.4 Å². The number of rotatable bonds is 5. The molecule has 1 amide bonds. The summed E-state index contributed by atoms with van der Waals surface area (Å²) >= 11 is 1.35. The van der Waals surface area contributed by atoms with E-state index in [1.807, 2.05) is 6.92 Å². The van der Waals surface area contributed by atoms with E-state index in [2.05, 4.69) is 10.3 Å². The molecule has 2 heterocycles. The van der Waals surface area contributed by atoms with Crippen molar-refractivity contribution in [2.24, 2.45) is 0 Å². The van der Waals surface area contributed by atoms with Crippen molar-refractivity contribution in [1.82, 2.24) is 10.3 Å². The van der Waals surface area contributed by atoms with Crippen LogP contribution in [0.1, 0.15) is 23.8 Å². The van der Waals surface area contributed by atoms with Crippen LogP contribution < -0.4 is 5.32 Å². The summed E-state index contributed by atoms with van der Waals surface area (Å²) in [5, 5.41) is 14.1. The molecule has 2 N–H and O–H groups in total. The summed E-state index contributed by atoms with van der Waals surface area (Å²) in [6, 6.07) is 3.34. The van der Waals surface area contributed by atoms with Crippen LogP contribution in [0.5, 0.6) is 0 Å². The summed E-state index contributed by atoms with van der Waals surface area (Å²) in [5.41, 5.74) is 0.346. The van der Waals surface area contributed by atoms with E-state index >= 15 is 0 Å². The van der Waals surface area contributed by atoms with Gasteiger partial charge in [0.15, 0.2) is 10.8 Å². The van der Waals surface area contributed by atoms with Gasteiger partial charge in [0.1, 0.15) is 5.69 Å². The zero-order valence-electron chi connectivity index (χ0n) is 9.92. The first-order valence-electron chi connectivity index (χ1n) is 5.65. The number of amides is 1. The second-order valence-corrected chi connectivity index (χ2v) is 4.63. The van der Waals surface area contributed by atoms with E-state index in [9.17, 15) is 4.79 Å². The first kappa shape index (κ1) is 12.8. The Hall–Kier alpha value is -1.66. The van der Waals surface area contributed by atoms with Crippen molar-refractivity contribution in [3.8, 4) is 10.8 Å². The standard InChI is InChI=1S/C12H14N2O3S/c1-2-8(6-15)13-11(16)9-7-18-12(14-9)10-4-3-5-17-10/h3-5,7-8,15H,2,6H2,1H3,(H,13,16)/t8-/m1/s1. The summed E-state index contributed by atoms with van der Waals surface area (Å²) < 4.78 is 5.21. The maximum atomic E-state index is 11.8. The Morgan fingerprint density at radius 1 is 1.67 bits per heavy atom. The van der Waals surface area contributed by atoms with Gasteiger partial charge in [-0.25, -0.2) is 4.98 Å². The van der Waals surface area contributed by atoms with E-state index in [1.54, 1.807) is 23.8 Å². The summed E-state index contributed by atoms with van der Waals surface area (Å²) in [6.45, 7) is 1.83. The van der Waals surface area contributed by atoms with Crippen molar-refractivity contribution in [1.29, 1.82) is 0 Å². The maximum Gasteiger partial charge on any atom is 0.271 e. The van der Waals surface area contributed by atoms with Gasteiger partial charge in [0.25, 0.3) is 5.91 Å². The van der Waals surface area contributed by atoms with E-state index in [1.165, 1.54) is 11.3 Å². The van der Waals surface area contributed by atoms with Gasteiger partial charge >= 0.3 is 0 Å². The van der Waals surface area contributed by atoms with Gasteiger partial charge in [0, 0.05) is 5.38 Å². The van der Waals surface area contributed by atoms with Gasteiger partial charge in [-0.15, -0.1) is 11.3 Å². The zero-order valence-corrected chi connectivity index (χ0v) is 10.7. The molecule has 1 atom stereocenters. The van der Waals surface area contributed by atoms with Crippen molar-refractivity contribution in [3.05, 3.63) is 29.5 Å². The second-order valence-electron chi connectivity index (χ2n) is 3.78. The third-order valence-corrected chi connectivity index (χ3v) is 3.37. The SMILES string of the molecule is CC[C@H](CO)NC(=O)c1csc(-c2ccco2)n1. The highest BCUT2D eigenvalue weighted by Gasteiger charge is 2.15. The molecule has 0 bridgehead atoms. The third-order valence-electron chi connectivity index (χ3n) is 2.52. The van der Waals surface area contributed by atoms with Gasteiger partial charge in [-0.3, -0.25) is 4.79 Å². The average molecular weight is 266 g/mol. The first-order valence-corrected chi connectivity index (χ1v) is 6.53. The van der Waals surface area contributed by atoms with Gasteiger partial charge in [0.2, 0.25) is 0 Å². The second kappa shape index (κ2) is 5.79. The highest BCUT2D eigenvalue weighted by Crippen LogP contribution is 2.23. The molecule has 0 aliphatic heterocycles. The molecular weight excluding hydrogens is 252 g/mol. The molecule has 0 fully saturated rings. The number of aliphatic hydroxyl groups excluding tert-OH is 1. The lowest BCUT2D eigenvalue weighted by atomic mass is 10.2. The van der Waals surface area contributed by atoms with Crippen LogP contribution in [0.2, 0.25) is 0 Å². The van der Waals surface area contributed by atoms with E-state index < -0.39 is 0 Å². The maximum absolute atomic E-state index is 11.8. The van der Waals surface area contributed by atoms with Crippen LogP contribution in [0, 0.1) is 0 Å². The third kappa shape index (κ3) is 2.77. The van der Waals surface area contributed by atoms with Crippen LogP contribution in [0.15, 0.2) is 28.2 Å². The molecule has 0 spiro atoms. The van der Waals surface area contributed by atoms with Crippen LogP contribution in [0.25, 0.3) is 10.8 Å². The van der Waals surface area contributed by atoms with Crippen molar-refractivity contribution in [2.75, 3.05) is 6.61 Å².